The van der Waals surface area contributed by atoms with Gasteiger partial charge in [-0.05, 0) is 18.2 Å². The van der Waals surface area contributed by atoms with Gasteiger partial charge in [0.1, 0.15) is 0 Å². The monoisotopic (exact) mass is 303 g/mol. The Morgan fingerprint density at radius 3 is 2.58 bits per heavy atom. The van der Waals surface area contributed by atoms with Gasteiger partial charge in [0.2, 0.25) is 0 Å². The number of nitrogens with zero attached hydrogens (tertiary/aromatic N) is 2. The van der Waals surface area contributed by atoms with Crippen molar-refractivity contribution in [2.45, 2.75) is 0 Å². The van der Waals surface area contributed by atoms with Crippen LogP contribution in [0.1, 0.15) is 5.56 Å². The molecule has 1 aliphatic rings. The largest absolute Gasteiger partial charge is 0.409 e. The molecule has 0 amide bonds. The Balaban J connectivity index is 2.36. The number of rotatable bonds is 2. The standard InChI is InChI=1S/C11H14ClN3O3S/c12-8-1-2-9(11(13)14-16)10(7-8)15-3-5-19(17,18)6-4-15/h1-2,7,16H,3-6H2,(H2,13,14). The van der Waals surface area contributed by atoms with Crippen molar-refractivity contribution in [1.82, 2.24) is 0 Å². The lowest BCUT2D eigenvalue weighted by Crippen LogP contribution is -2.41. The Hall–Kier alpha value is -1.47. The second-order valence-electron chi connectivity index (χ2n) is 4.29. The summed E-state index contributed by atoms with van der Waals surface area (Å²) in [7, 11) is -2.96. The molecule has 1 heterocycles. The van der Waals surface area contributed by atoms with E-state index in [1.54, 1.807) is 18.2 Å². The first-order chi connectivity index (χ1) is 8.93. The highest BCUT2D eigenvalue weighted by Gasteiger charge is 2.24. The smallest absolute Gasteiger partial charge is 0.172 e. The highest BCUT2D eigenvalue weighted by atomic mass is 35.5. The molecule has 1 saturated heterocycles. The minimum Gasteiger partial charge on any atom is -0.409 e. The summed E-state index contributed by atoms with van der Waals surface area (Å²) in [6, 6.07) is 4.97. The van der Waals surface area contributed by atoms with E-state index in [9.17, 15) is 8.42 Å². The van der Waals surface area contributed by atoms with Crippen LogP contribution in [0.3, 0.4) is 0 Å². The molecule has 1 aliphatic heterocycles. The molecular weight excluding hydrogens is 290 g/mol. The first kappa shape index (κ1) is 14.0. The van der Waals surface area contributed by atoms with E-state index in [0.717, 1.165) is 0 Å². The summed E-state index contributed by atoms with van der Waals surface area (Å²) in [5, 5.41) is 12.3. The number of halogens is 1. The minimum absolute atomic E-state index is 0.0277. The Labute approximate surface area is 116 Å². The van der Waals surface area contributed by atoms with Gasteiger partial charge >= 0.3 is 0 Å². The van der Waals surface area contributed by atoms with Gasteiger partial charge in [-0.15, -0.1) is 0 Å². The van der Waals surface area contributed by atoms with Crippen molar-refractivity contribution in [1.29, 1.82) is 0 Å². The predicted octanol–water partition coefficient (Wildman–Crippen LogP) is 0.669. The van der Waals surface area contributed by atoms with Crippen LogP contribution in [-0.4, -0.2) is 44.1 Å². The predicted molar refractivity (Wildman–Crippen MR) is 74.8 cm³/mol. The number of anilines is 1. The number of sulfone groups is 1. The number of benzene rings is 1. The second kappa shape index (κ2) is 5.26. The lowest BCUT2D eigenvalue weighted by molar-refractivity contribution is 0.318. The average Bonchev–Trinajstić information content (AvgIpc) is 2.38. The maximum absolute atomic E-state index is 11.4. The number of amidine groups is 1. The molecule has 6 nitrogen and oxygen atoms in total. The first-order valence-corrected chi connectivity index (χ1v) is 7.86. The minimum atomic E-state index is -2.96. The summed E-state index contributed by atoms with van der Waals surface area (Å²) in [6.07, 6.45) is 0. The van der Waals surface area contributed by atoms with Crippen LogP contribution >= 0.6 is 11.6 Å². The second-order valence-corrected chi connectivity index (χ2v) is 7.03. The van der Waals surface area contributed by atoms with E-state index in [2.05, 4.69) is 5.16 Å². The first-order valence-electron chi connectivity index (χ1n) is 5.66. The van der Waals surface area contributed by atoms with E-state index in [4.69, 9.17) is 22.5 Å². The van der Waals surface area contributed by atoms with Crippen LogP contribution in [0.5, 0.6) is 0 Å². The van der Waals surface area contributed by atoms with Crippen LogP contribution in [0, 0.1) is 0 Å². The molecule has 8 heteroatoms. The number of hydrogen-bond acceptors (Lipinski definition) is 5. The van der Waals surface area contributed by atoms with Gasteiger partial charge in [0.25, 0.3) is 0 Å². The van der Waals surface area contributed by atoms with E-state index >= 15 is 0 Å². The molecule has 0 aliphatic carbocycles. The van der Waals surface area contributed by atoms with E-state index in [1.165, 1.54) is 0 Å². The molecule has 19 heavy (non-hydrogen) atoms. The summed E-state index contributed by atoms with van der Waals surface area (Å²) < 4.78 is 22.9. The van der Waals surface area contributed by atoms with Gasteiger partial charge in [0.05, 0.1) is 11.5 Å². The fourth-order valence-electron chi connectivity index (χ4n) is 1.99. The molecule has 1 aromatic carbocycles. The van der Waals surface area contributed by atoms with Gasteiger partial charge in [-0.25, -0.2) is 8.42 Å². The highest BCUT2D eigenvalue weighted by molar-refractivity contribution is 7.91. The van der Waals surface area contributed by atoms with Crippen molar-refractivity contribution in [2.75, 3.05) is 29.5 Å². The van der Waals surface area contributed by atoms with E-state index < -0.39 is 9.84 Å². The van der Waals surface area contributed by atoms with E-state index in [0.29, 0.717) is 29.4 Å². The summed E-state index contributed by atoms with van der Waals surface area (Å²) >= 11 is 5.95. The molecule has 0 bridgehead atoms. The lowest BCUT2D eigenvalue weighted by Gasteiger charge is -2.30. The molecule has 1 fully saturated rings. The maximum atomic E-state index is 11.4. The van der Waals surface area contributed by atoms with Crippen LogP contribution in [0.25, 0.3) is 0 Å². The summed E-state index contributed by atoms with van der Waals surface area (Å²) in [6.45, 7) is 0.739. The van der Waals surface area contributed by atoms with Crippen LogP contribution in [0.4, 0.5) is 5.69 Å². The number of nitrogens with two attached hydrogens (primary N) is 1. The number of hydrogen-bond donors (Lipinski definition) is 2. The molecule has 0 spiro atoms. The molecule has 1 aromatic rings. The zero-order chi connectivity index (χ0) is 14.0. The molecule has 0 unspecified atom stereocenters. The van der Waals surface area contributed by atoms with Crippen LogP contribution in [0.15, 0.2) is 23.4 Å². The number of oxime groups is 1. The summed E-state index contributed by atoms with van der Waals surface area (Å²) in [5.74, 6) is 0.157. The molecule has 0 saturated carbocycles. The Kier molecular flexibility index (Phi) is 3.86. The van der Waals surface area contributed by atoms with Crippen molar-refractivity contribution >= 4 is 33.0 Å². The van der Waals surface area contributed by atoms with Crippen molar-refractivity contribution in [3.63, 3.8) is 0 Å². The molecule has 2 rings (SSSR count). The highest BCUT2D eigenvalue weighted by Crippen LogP contribution is 2.26. The van der Waals surface area contributed by atoms with Crippen LogP contribution < -0.4 is 10.6 Å². The SMILES string of the molecule is NC(=NO)c1ccc(Cl)cc1N1CCS(=O)(=O)CC1. The Bertz CT molecular complexity index is 602. The Morgan fingerprint density at radius 1 is 1.37 bits per heavy atom. The van der Waals surface area contributed by atoms with Crippen molar-refractivity contribution in [3.8, 4) is 0 Å². The van der Waals surface area contributed by atoms with E-state index in [1.807, 2.05) is 4.90 Å². The van der Waals surface area contributed by atoms with Crippen LogP contribution in [0.2, 0.25) is 5.02 Å². The molecule has 3 N–H and O–H groups in total. The summed E-state index contributed by atoms with van der Waals surface area (Å²) in [5.41, 5.74) is 6.83. The molecule has 104 valence electrons. The molecule has 0 radical (unpaired) electrons. The molecule has 0 atom stereocenters. The fourth-order valence-corrected chi connectivity index (χ4v) is 3.36. The van der Waals surface area contributed by atoms with Gasteiger partial charge in [-0.2, -0.15) is 0 Å². The summed E-state index contributed by atoms with van der Waals surface area (Å²) in [4.78, 5) is 1.88. The molecule has 0 aromatic heterocycles. The third-order valence-electron chi connectivity index (χ3n) is 3.03. The van der Waals surface area contributed by atoms with Gasteiger partial charge < -0.3 is 15.8 Å². The normalized spacial score (nSPS) is 19.4. The van der Waals surface area contributed by atoms with Crippen molar-refractivity contribution in [3.05, 3.63) is 28.8 Å². The third kappa shape index (κ3) is 3.10. The van der Waals surface area contributed by atoms with E-state index in [-0.39, 0.29) is 17.3 Å². The topological polar surface area (TPSA) is 96.0 Å². The Morgan fingerprint density at radius 2 is 2.00 bits per heavy atom. The zero-order valence-corrected chi connectivity index (χ0v) is 11.7. The van der Waals surface area contributed by atoms with Gasteiger partial charge in [0, 0.05) is 29.4 Å². The fraction of sp³-hybridized carbons (Fsp3) is 0.364. The average molecular weight is 304 g/mol. The van der Waals surface area contributed by atoms with Crippen LogP contribution in [-0.2, 0) is 9.84 Å². The van der Waals surface area contributed by atoms with Crippen molar-refractivity contribution in [2.24, 2.45) is 10.9 Å². The lowest BCUT2D eigenvalue weighted by atomic mass is 10.1. The third-order valence-corrected chi connectivity index (χ3v) is 4.87. The zero-order valence-electron chi connectivity index (χ0n) is 10.1. The quantitative estimate of drug-likeness (QED) is 0.362. The van der Waals surface area contributed by atoms with Crippen molar-refractivity contribution < 1.29 is 13.6 Å². The maximum Gasteiger partial charge on any atom is 0.172 e. The van der Waals surface area contributed by atoms with Gasteiger partial charge in [-0.1, -0.05) is 16.8 Å². The van der Waals surface area contributed by atoms with Gasteiger partial charge in [0.15, 0.2) is 15.7 Å². The molecular formula is C11H14ClN3O3S. The van der Waals surface area contributed by atoms with Gasteiger partial charge in [-0.3, -0.25) is 0 Å².